The average Bonchev–Trinajstić information content (AvgIpc) is 2.59. The normalized spacial score (nSPS) is 13.3. The molecule has 2 unspecified atom stereocenters. The third-order valence-electron chi connectivity index (χ3n) is 4.14. The van der Waals surface area contributed by atoms with Gasteiger partial charge in [0, 0.05) is 37.4 Å². The maximum Gasteiger partial charge on any atom is 0.227 e. The minimum absolute atomic E-state index is 0.00487. The van der Waals surface area contributed by atoms with Crippen LogP contribution in [0.4, 0.5) is 4.39 Å². The van der Waals surface area contributed by atoms with E-state index in [-0.39, 0.29) is 23.7 Å². The summed E-state index contributed by atoms with van der Waals surface area (Å²) in [4.78, 5) is 18.8. The first-order valence-corrected chi connectivity index (χ1v) is 8.16. The van der Waals surface area contributed by atoms with Crippen LogP contribution in [0.2, 0.25) is 0 Å². The van der Waals surface area contributed by atoms with Gasteiger partial charge in [0.25, 0.3) is 0 Å². The van der Waals surface area contributed by atoms with Crippen molar-refractivity contribution in [1.29, 1.82) is 0 Å². The highest BCUT2D eigenvalue weighted by molar-refractivity contribution is 5.79. The van der Waals surface area contributed by atoms with Crippen LogP contribution in [0.25, 0.3) is 0 Å². The minimum atomic E-state index is -0.283. The predicted octanol–water partition coefficient (Wildman–Crippen LogP) is 2.78. The molecule has 5 heteroatoms. The molecular formula is C19H24FN3O. The fourth-order valence-electron chi connectivity index (χ4n) is 2.39. The van der Waals surface area contributed by atoms with Crippen molar-refractivity contribution < 1.29 is 9.18 Å². The van der Waals surface area contributed by atoms with Gasteiger partial charge in [-0.25, -0.2) is 4.39 Å². The number of benzene rings is 1. The summed E-state index contributed by atoms with van der Waals surface area (Å²) in [5.41, 5.74) is 7.71. The topological polar surface area (TPSA) is 59.2 Å². The van der Waals surface area contributed by atoms with Gasteiger partial charge in [-0.05, 0) is 36.8 Å². The quantitative estimate of drug-likeness (QED) is 0.850. The van der Waals surface area contributed by atoms with E-state index in [2.05, 4.69) is 4.98 Å². The van der Waals surface area contributed by atoms with E-state index in [4.69, 9.17) is 5.73 Å². The lowest BCUT2D eigenvalue weighted by Crippen LogP contribution is -2.42. The zero-order valence-corrected chi connectivity index (χ0v) is 14.2. The molecule has 24 heavy (non-hydrogen) atoms. The minimum Gasteiger partial charge on any atom is -0.338 e. The summed E-state index contributed by atoms with van der Waals surface area (Å²) in [5.74, 6) is -0.548. The number of nitrogens with zero attached hydrogens (tertiary/aromatic N) is 2. The summed E-state index contributed by atoms with van der Waals surface area (Å²) in [7, 11) is 0. The van der Waals surface area contributed by atoms with Gasteiger partial charge in [0.1, 0.15) is 5.82 Å². The molecule has 1 aromatic heterocycles. The van der Waals surface area contributed by atoms with Gasteiger partial charge in [-0.15, -0.1) is 0 Å². The first-order valence-electron chi connectivity index (χ1n) is 8.16. The van der Waals surface area contributed by atoms with Crippen molar-refractivity contribution in [3.63, 3.8) is 0 Å². The number of aromatic nitrogens is 1. The molecule has 0 radical (unpaired) electrons. The first-order chi connectivity index (χ1) is 11.5. The van der Waals surface area contributed by atoms with E-state index in [1.807, 2.05) is 32.0 Å². The standard InChI is InChI=1S/C19H24FN3O/c1-14(15(2)21)19(24)23(12-10-18-5-3-4-11-22-18)13-16-6-8-17(20)9-7-16/h3-9,11,14-15H,10,12-13,21H2,1-2H3. The highest BCUT2D eigenvalue weighted by Gasteiger charge is 2.23. The average molecular weight is 329 g/mol. The molecule has 2 atom stereocenters. The third kappa shape index (κ3) is 5.13. The Morgan fingerprint density at radius 3 is 2.50 bits per heavy atom. The highest BCUT2D eigenvalue weighted by atomic mass is 19.1. The zero-order valence-electron chi connectivity index (χ0n) is 14.2. The monoisotopic (exact) mass is 329 g/mol. The summed E-state index contributed by atoms with van der Waals surface area (Å²) in [6, 6.07) is 11.7. The van der Waals surface area contributed by atoms with Gasteiger partial charge in [0.05, 0.1) is 5.92 Å². The Morgan fingerprint density at radius 1 is 1.21 bits per heavy atom. The largest absolute Gasteiger partial charge is 0.338 e. The van der Waals surface area contributed by atoms with Crippen LogP contribution in [-0.2, 0) is 17.8 Å². The molecule has 0 aliphatic rings. The Labute approximate surface area is 142 Å². The van der Waals surface area contributed by atoms with Crippen LogP contribution in [0, 0.1) is 11.7 Å². The van der Waals surface area contributed by atoms with Crippen molar-refractivity contribution in [3.05, 3.63) is 65.7 Å². The number of carbonyl (C=O) groups excluding carboxylic acids is 1. The van der Waals surface area contributed by atoms with E-state index in [1.54, 1.807) is 23.2 Å². The number of hydrogen-bond acceptors (Lipinski definition) is 3. The van der Waals surface area contributed by atoms with Crippen LogP contribution < -0.4 is 5.73 Å². The molecule has 0 spiro atoms. The number of amides is 1. The zero-order chi connectivity index (χ0) is 17.5. The van der Waals surface area contributed by atoms with Crippen LogP contribution in [0.5, 0.6) is 0 Å². The van der Waals surface area contributed by atoms with E-state index >= 15 is 0 Å². The number of pyridine rings is 1. The lowest BCUT2D eigenvalue weighted by Gasteiger charge is -2.27. The van der Waals surface area contributed by atoms with Gasteiger partial charge in [-0.2, -0.15) is 0 Å². The molecule has 1 heterocycles. The molecule has 128 valence electrons. The summed E-state index contributed by atoms with van der Waals surface area (Å²) in [6.07, 6.45) is 2.41. The van der Waals surface area contributed by atoms with E-state index in [0.29, 0.717) is 19.5 Å². The molecule has 0 aliphatic heterocycles. The van der Waals surface area contributed by atoms with Gasteiger partial charge < -0.3 is 10.6 Å². The second-order valence-electron chi connectivity index (χ2n) is 6.11. The van der Waals surface area contributed by atoms with Crippen molar-refractivity contribution >= 4 is 5.91 Å². The van der Waals surface area contributed by atoms with E-state index in [1.165, 1.54) is 12.1 Å². The Balaban J connectivity index is 2.10. The van der Waals surface area contributed by atoms with Crippen molar-refractivity contribution in [2.45, 2.75) is 32.9 Å². The Hall–Kier alpha value is -2.27. The van der Waals surface area contributed by atoms with Crippen molar-refractivity contribution in [2.75, 3.05) is 6.54 Å². The van der Waals surface area contributed by atoms with Gasteiger partial charge in [-0.3, -0.25) is 9.78 Å². The Morgan fingerprint density at radius 2 is 1.92 bits per heavy atom. The van der Waals surface area contributed by atoms with Crippen molar-refractivity contribution in [1.82, 2.24) is 9.88 Å². The van der Waals surface area contributed by atoms with E-state index in [0.717, 1.165) is 11.3 Å². The molecule has 2 aromatic rings. The van der Waals surface area contributed by atoms with Gasteiger partial charge >= 0.3 is 0 Å². The molecule has 4 nitrogen and oxygen atoms in total. The van der Waals surface area contributed by atoms with Crippen LogP contribution in [-0.4, -0.2) is 28.4 Å². The Bertz CT molecular complexity index is 643. The number of carbonyl (C=O) groups is 1. The molecular weight excluding hydrogens is 305 g/mol. The fraction of sp³-hybridized carbons (Fsp3) is 0.368. The summed E-state index contributed by atoms with van der Waals surface area (Å²) in [5, 5.41) is 0. The third-order valence-corrected chi connectivity index (χ3v) is 4.14. The van der Waals surface area contributed by atoms with E-state index in [9.17, 15) is 9.18 Å². The lowest BCUT2D eigenvalue weighted by molar-refractivity contribution is -0.136. The lowest BCUT2D eigenvalue weighted by atomic mass is 10.0. The van der Waals surface area contributed by atoms with Gasteiger partial charge in [0.15, 0.2) is 0 Å². The molecule has 0 saturated carbocycles. The molecule has 1 amide bonds. The van der Waals surface area contributed by atoms with Crippen LogP contribution in [0.3, 0.4) is 0 Å². The van der Waals surface area contributed by atoms with Crippen LogP contribution in [0.1, 0.15) is 25.1 Å². The second-order valence-corrected chi connectivity index (χ2v) is 6.11. The summed E-state index contributed by atoms with van der Waals surface area (Å²) in [6.45, 7) is 4.65. The smallest absolute Gasteiger partial charge is 0.227 e. The Kier molecular flexibility index (Phi) is 6.44. The number of hydrogen-bond donors (Lipinski definition) is 1. The van der Waals surface area contributed by atoms with Crippen molar-refractivity contribution in [3.8, 4) is 0 Å². The predicted molar refractivity (Wildman–Crippen MR) is 92.6 cm³/mol. The summed E-state index contributed by atoms with van der Waals surface area (Å²) < 4.78 is 13.1. The molecule has 2 N–H and O–H groups in total. The van der Waals surface area contributed by atoms with Crippen molar-refractivity contribution in [2.24, 2.45) is 11.7 Å². The molecule has 2 rings (SSSR count). The SMILES string of the molecule is CC(N)C(C)C(=O)N(CCc1ccccn1)Cc1ccc(F)cc1. The maximum atomic E-state index is 13.1. The molecule has 0 fully saturated rings. The molecule has 0 bridgehead atoms. The molecule has 1 aromatic carbocycles. The molecule has 0 aliphatic carbocycles. The number of halogens is 1. The number of nitrogens with two attached hydrogens (primary N) is 1. The molecule has 0 saturated heterocycles. The second kappa shape index (κ2) is 8.55. The number of rotatable bonds is 7. The van der Waals surface area contributed by atoms with Crippen LogP contribution >= 0.6 is 0 Å². The summed E-state index contributed by atoms with van der Waals surface area (Å²) >= 11 is 0. The highest BCUT2D eigenvalue weighted by Crippen LogP contribution is 2.13. The van der Waals surface area contributed by atoms with E-state index < -0.39 is 0 Å². The van der Waals surface area contributed by atoms with Gasteiger partial charge in [0.2, 0.25) is 5.91 Å². The first kappa shape index (κ1) is 18.1. The maximum absolute atomic E-state index is 13.1. The fourth-order valence-corrected chi connectivity index (χ4v) is 2.39. The van der Waals surface area contributed by atoms with Crippen LogP contribution in [0.15, 0.2) is 48.7 Å². The van der Waals surface area contributed by atoms with Gasteiger partial charge in [-0.1, -0.05) is 25.1 Å².